The van der Waals surface area contributed by atoms with Crippen LogP contribution in [0.15, 0.2) is 122 Å². The molecule has 0 aliphatic carbocycles. The lowest BCUT2D eigenvalue weighted by Crippen LogP contribution is -1.94. The number of fused-ring (bicyclic) bond motifs is 4. The summed E-state index contributed by atoms with van der Waals surface area (Å²) in [5.74, 6) is 0. The number of para-hydroxylation sites is 1. The fraction of sp³-hybridized carbons (Fsp3) is 0. The monoisotopic (exact) mass is 436 g/mol. The van der Waals surface area contributed by atoms with Gasteiger partial charge in [0.1, 0.15) is 5.65 Å². The summed E-state index contributed by atoms with van der Waals surface area (Å²) in [6.07, 6.45) is 5.88. The van der Waals surface area contributed by atoms with Crippen molar-refractivity contribution in [1.29, 1.82) is 0 Å². The average Bonchev–Trinajstić information content (AvgIpc) is 3.46. The first-order chi connectivity index (χ1) is 16.9. The van der Waals surface area contributed by atoms with Gasteiger partial charge in [-0.3, -0.25) is 9.38 Å². The van der Waals surface area contributed by atoms with E-state index >= 15 is 0 Å². The second-order valence-electron chi connectivity index (χ2n) is 8.40. The van der Waals surface area contributed by atoms with Crippen molar-refractivity contribution in [3.05, 3.63) is 122 Å². The molecular weight excluding hydrogens is 416 g/mol. The third-order valence-electron chi connectivity index (χ3n) is 6.45. The molecule has 160 valence electrons. The second-order valence-corrected chi connectivity index (χ2v) is 8.40. The SMILES string of the molecule is c1ccc(-c2c(-c3ccc(-n4c5ccccc5c5ccncc54)cc3)nc3ccccn23)cc1. The number of pyridine rings is 2. The summed E-state index contributed by atoms with van der Waals surface area (Å²) in [4.78, 5) is 9.39. The first kappa shape index (κ1) is 18.8. The lowest BCUT2D eigenvalue weighted by Gasteiger charge is -2.09. The predicted molar refractivity (Wildman–Crippen MR) is 138 cm³/mol. The first-order valence-corrected chi connectivity index (χ1v) is 11.3. The van der Waals surface area contributed by atoms with Gasteiger partial charge in [0, 0.05) is 40.0 Å². The largest absolute Gasteiger partial charge is 0.308 e. The zero-order valence-corrected chi connectivity index (χ0v) is 18.3. The van der Waals surface area contributed by atoms with Gasteiger partial charge >= 0.3 is 0 Å². The summed E-state index contributed by atoms with van der Waals surface area (Å²) in [6, 6.07) is 35.9. The van der Waals surface area contributed by atoms with Crippen LogP contribution < -0.4 is 0 Å². The Morgan fingerprint density at radius 3 is 2.24 bits per heavy atom. The Morgan fingerprint density at radius 1 is 0.588 bits per heavy atom. The molecule has 4 heterocycles. The Morgan fingerprint density at radius 2 is 1.35 bits per heavy atom. The highest BCUT2D eigenvalue weighted by atomic mass is 15.0. The van der Waals surface area contributed by atoms with Crippen molar-refractivity contribution >= 4 is 27.5 Å². The normalized spacial score (nSPS) is 11.5. The highest BCUT2D eigenvalue weighted by molar-refractivity contribution is 6.08. The predicted octanol–water partition coefficient (Wildman–Crippen LogP) is 7.16. The van der Waals surface area contributed by atoms with Crippen LogP contribution in [0.3, 0.4) is 0 Å². The van der Waals surface area contributed by atoms with Crippen LogP contribution >= 0.6 is 0 Å². The number of rotatable bonds is 3. The van der Waals surface area contributed by atoms with Gasteiger partial charge in [0.15, 0.2) is 0 Å². The van der Waals surface area contributed by atoms with Crippen LogP contribution in [0.4, 0.5) is 0 Å². The molecule has 0 saturated carbocycles. The molecule has 0 radical (unpaired) electrons. The molecule has 4 nitrogen and oxygen atoms in total. The maximum Gasteiger partial charge on any atom is 0.137 e. The third kappa shape index (κ3) is 2.79. The molecular formula is C30H20N4. The summed E-state index contributed by atoms with van der Waals surface area (Å²) in [5.41, 5.74) is 8.64. The third-order valence-corrected chi connectivity index (χ3v) is 6.45. The molecule has 7 rings (SSSR count). The highest BCUT2D eigenvalue weighted by Crippen LogP contribution is 2.35. The van der Waals surface area contributed by atoms with E-state index in [0.717, 1.165) is 39.4 Å². The summed E-state index contributed by atoms with van der Waals surface area (Å²) < 4.78 is 4.44. The maximum absolute atomic E-state index is 5.00. The minimum atomic E-state index is 0.939. The van der Waals surface area contributed by atoms with Gasteiger partial charge in [-0.1, -0.05) is 66.7 Å². The fourth-order valence-electron chi connectivity index (χ4n) is 4.93. The number of imidazole rings is 1. The van der Waals surface area contributed by atoms with E-state index < -0.39 is 0 Å². The molecule has 4 aromatic heterocycles. The molecule has 0 aliphatic heterocycles. The average molecular weight is 437 g/mol. The molecule has 0 aliphatic rings. The van der Waals surface area contributed by atoms with Crippen molar-refractivity contribution in [1.82, 2.24) is 18.9 Å². The van der Waals surface area contributed by atoms with Gasteiger partial charge in [0.05, 0.1) is 28.6 Å². The van der Waals surface area contributed by atoms with Crippen molar-refractivity contribution in [2.24, 2.45) is 0 Å². The Kier molecular flexibility index (Phi) is 4.11. The standard InChI is InChI=1S/C30H20N4/c1-2-8-22(9-3-1)30-29(32-28-12-6-7-19-33(28)30)21-13-15-23(16-14-21)34-26-11-5-4-10-24(26)25-17-18-31-20-27(25)34/h1-20H. The quantitative estimate of drug-likeness (QED) is 0.295. The Hall–Kier alpha value is -4.70. The van der Waals surface area contributed by atoms with Crippen LogP contribution in [0.25, 0.3) is 55.7 Å². The molecule has 0 atom stereocenters. The molecule has 0 amide bonds. The molecule has 0 unspecified atom stereocenters. The van der Waals surface area contributed by atoms with Crippen molar-refractivity contribution < 1.29 is 0 Å². The van der Waals surface area contributed by atoms with E-state index in [2.05, 4.69) is 105 Å². The van der Waals surface area contributed by atoms with Crippen LogP contribution in [0, 0.1) is 0 Å². The molecule has 0 saturated heterocycles. The zero-order valence-electron chi connectivity index (χ0n) is 18.3. The molecule has 34 heavy (non-hydrogen) atoms. The summed E-state index contributed by atoms with van der Waals surface area (Å²) in [6.45, 7) is 0. The summed E-state index contributed by atoms with van der Waals surface area (Å²) >= 11 is 0. The molecule has 3 aromatic carbocycles. The molecule has 0 fully saturated rings. The van der Waals surface area contributed by atoms with Crippen molar-refractivity contribution in [3.63, 3.8) is 0 Å². The minimum absolute atomic E-state index is 0.939. The van der Waals surface area contributed by atoms with E-state index in [0.29, 0.717) is 0 Å². The van der Waals surface area contributed by atoms with Gasteiger partial charge < -0.3 is 4.57 Å². The highest BCUT2D eigenvalue weighted by Gasteiger charge is 2.16. The van der Waals surface area contributed by atoms with Crippen LogP contribution in [0.5, 0.6) is 0 Å². The number of hydrogen-bond acceptors (Lipinski definition) is 2. The van der Waals surface area contributed by atoms with Gasteiger partial charge in [0.25, 0.3) is 0 Å². The minimum Gasteiger partial charge on any atom is -0.308 e. The Labute approximate surface area is 196 Å². The van der Waals surface area contributed by atoms with E-state index in [1.54, 1.807) is 0 Å². The van der Waals surface area contributed by atoms with E-state index in [4.69, 9.17) is 4.98 Å². The van der Waals surface area contributed by atoms with E-state index in [9.17, 15) is 0 Å². The van der Waals surface area contributed by atoms with Crippen LogP contribution in [-0.2, 0) is 0 Å². The lowest BCUT2D eigenvalue weighted by molar-refractivity contribution is 1.17. The first-order valence-electron chi connectivity index (χ1n) is 11.3. The van der Waals surface area contributed by atoms with Gasteiger partial charge in [0.2, 0.25) is 0 Å². The van der Waals surface area contributed by atoms with Crippen LogP contribution in [-0.4, -0.2) is 18.9 Å². The second kappa shape index (κ2) is 7.42. The van der Waals surface area contributed by atoms with Gasteiger partial charge in [-0.05, 0) is 36.4 Å². The van der Waals surface area contributed by atoms with Gasteiger partial charge in [-0.25, -0.2) is 4.98 Å². The number of hydrogen-bond donors (Lipinski definition) is 0. The van der Waals surface area contributed by atoms with E-state index in [-0.39, 0.29) is 0 Å². The lowest BCUT2D eigenvalue weighted by atomic mass is 10.0. The van der Waals surface area contributed by atoms with Crippen LogP contribution in [0.2, 0.25) is 0 Å². The molecule has 0 spiro atoms. The van der Waals surface area contributed by atoms with E-state index in [1.165, 1.54) is 16.3 Å². The maximum atomic E-state index is 5.00. The van der Waals surface area contributed by atoms with Crippen molar-refractivity contribution in [3.8, 4) is 28.2 Å². The summed E-state index contributed by atoms with van der Waals surface area (Å²) in [5, 5.41) is 2.44. The van der Waals surface area contributed by atoms with Crippen molar-refractivity contribution in [2.75, 3.05) is 0 Å². The Balaban J connectivity index is 1.42. The van der Waals surface area contributed by atoms with Crippen LogP contribution in [0.1, 0.15) is 0 Å². The molecule has 4 heteroatoms. The number of benzene rings is 3. The van der Waals surface area contributed by atoms with Crippen molar-refractivity contribution in [2.45, 2.75) is 0 Å². The smallest absolute Gasteiger partial charge is 0.137 e. The molecule has 7 aromatic rings. The van der Waals surface area contributed by atoms with Gasteiger partial charge in [-0.2, -0.15) is 0 Å². The number of aromatic nitrogens is 4. The van der Waals surface area contributed by atoms with Gasteiger partial charge in [-0.15, -0.1) is 0 Å². The number of nitrogens with zero attached hydrogens (tertiary/aromatic N) is 4. The topological polar surface area (TPSA) is 35.1 Å². The Bertz CT molecular complexity index is 1740. The summed E-state index contributed by atoms with van der Waals surface area (Å²) in [7, 11) is 0. The molecule has 0 N–H and O–H groups in total. The molecule has 0 bridgehead atoms. The fourth-order valence-corrected chi connectivity index (χ4v) is 4.93. The van der Waals surface area contributed by atoms with E-state index in [1.807, 2.05) is 30.6 Å². The zero-order chi connectivity index (χ0) is 22.5.